The van der Waals surface area contributed by atoms with Gasteiger partial charge in [-0.25, -0.2) is 0 Å². The molecule has 70 valence electrons. The van der Waals surface area contributed by atoms with Crippen LogP contribution >= 0.6 is 15.9 Å². The number of allylic oxidation sites excluding steroid dienone is 3. The molecule has 2 bridgehead atoms. The molecule has 2 unspecified atom stereocenters. The van der Waals surface area contributed by atoms with Gasteiger partial charge in [-0.05, 0) is 24.2 Å². The molecule has 1 saturated carbocycles. The number of methoxy groups -OCH3 is 1. The molecule has 0 spiro atoms. The van der Waals surface area contributed by atoms with E-state index in [-0.39, 0.29) is 0 Å². The summed E-state index contributed by atoms with van der Waals surface area (Å²) in [5.41, 5.74) is 0. The predicted molar refractivity (Wildman–Crippen MR) is 55.5 cm³/mol. The topological polar surface area (TPSA) is 9.23 Å². The van der Waals surface area contributed by atoms with Crippen LogP contribution in [-0.2, 0) is 4.74 Å². The van der Waals surface area contributed by atoms with Gasteiger partial charge in [-0.2, -0.15) is 0 Å². The summed E-state index contributed by atoms with van der Waals surface area (Å²) >= 11 is 3.61. The van der Waals surface area contributed by atoms with E-state index in [1.54, 1.807) is 0 Å². The van der Waals surface area contributed by atoms with Gasteiger partial charge in [0.15, 0.2) is 0 Å². The Bertz CT molecular complexity index is 294. The highest BCUT2D eigenvalue weighted by Gasteiger charge is 2.51. The number of halogens is 1. The maximum Gasteiger partial charge on any atom is 0.0922 e. The van der Waals surface area contributed by atoms with E-state index in [1.807, 2.05) is 7.11 Å². The van der Waals surface area contributed by atoms with E-state index >= 15 is 0 Å². The van der Waals surface area contributed by atoms with Crippen LogP contribution in [0.2, 0.25) is 0 Å². The number of rotatable bonds is 1. The van der Waals surface area contributed by atoms with Gasteiger partial charge in [-0.15, -0.1) is 0 Å². The molecule has 3 rings (SSSR count). The lowest BCUT2D eigenvalue weighted by molar-refractivity contribution is 0.0747. The first kappa shape index (κ1) is 8.25. The summed E-state index contributed by atoms with van der Waals surface area (Å²) in [6.07, 6.45) is 8.82. The largest absolute Gasteiger partial charge is 0.376 e. The van der Waals surface area contributed by atoms with E-state index in [2.05, 4.69) is 34.2 Å². The van der Waals surface area contributed by atoms with Gasteiger partial charge in [0.05, 0.1) is 6.10 Å². The third-order valence-corrected chi connectivity index (χ3v) is 4.53. The van der Waals surface area contributed by atoms with Gasteiger partial charge >= 0.3 is 0 Å². The van der Waals surface area contributed by atoms with Crippen molar-refractivity contribution in [3.8, 4) is 0 Å². The summed E-state index contributed by atoms with van der Waals surface area (Å²) in [5.74, 6) is 3.03. The van der Waals surface area contributed by atoms with Gasteiger partial charge in [0.25, 0.3) is 0 Å². The molecule has 5 atom stereocenters. The summed E-state index contributed by atoms with van der Waals surface area (Å²) in [7, 11) is 1.82. The lowest BCUT2D eigenvalue weighted by Crippen LogP contribution is -2.26. The molecule has 0 aromatic carbocycles. The molecule has 0 heterocycles. The van der Waals surface area contributed by atoms with E-state index < -0.39 is 0 Å². The van der Waals surface area contributed by atoms with E-state index in [9.17, 15) is 0 Å². The van der Waals surface area contributed by atoms with Gasteiger partial charge in [-0.1, -0.05) is 34.2 Å². The monoisotopic (exact) mass is 240 g/mol. The molecule has 2 heteroatoms. The van der Waals surface area contributed by atoms with Crippen molar-refractivity contribution in [3.05, 3.63) is 22.7 Å². The first-order chi connectivity index (χ1) is 6.31. The Morgan fingerprint density at radius 3 is 2.92 bits per heavy atom. The van der Waals surface area contributed by atoms with E-state index in [1.165, 1.54) is 10.9 Å². The van der Waals surface area contributed by atoms with Crippen LogP contribution < -0.4 is 0 Å². The van der Waals surface area contributed by atoms with Crippen molar-refractivity contribution in [2.75, 3.05) is 7.11 Å². The summed E-state index contributed by atoms with van der Waals surface area (Å²) in [4.78, 5) is 0. The molecular weight excluding hydrogens is 228 g/mol. The SMILES string of the molecule is CO[C@@H]1C(Br)=CC2C1[C@H]1C=C[C@@H]2C1. The van der Waals surface area contributed by atoms with Crippen molar-refractivity contribution in [1.29, 1.82) is 0 Å². The van der Waals surface area contributed by atoms with Gasteiger partial charge in [0.2, 0.25) is 0 Å². The van der Waals surface area contributed by atoms with Crippen LogP contribution in [0.5, 0.6) is 0 Å². The maximum absolute atomic E-state index is 5.54. The molecule has 13 heavy (non-hydrogen) atoms. The van der Waals surface area contributed by atoms with Crippen molar-refractivity contribution in [2.45, 2.75) is 12.5 Å². The van der Waals surface area contributed by atoms with Crippen molar-refractivity contribution in [2.24, 2.45) is 23.7 Å². The highest BCUT2D eigenvalue weighted by molar-refractivity contribution is 9.11. The minimum absolute atomic E-state index is 0.324. The minimum Gasteiger partial charge on any atom is -0.376 e. The van der Waals surface area contributed by atoms with Gasteiger partial charge in [0.1, 0.15) is 0 Å². The van der Waals surface area contributed by atoms with Crippen molar-refractivity contribution >= 4 is 15.9 Å². The Hall–Kier alpha value is -0.0800. The zero-order chi connectivity index (χ0) is 9.00. The lowest BCUT2D eigenvalue weighted by Gasteiger charge is -2.25. The fraction of sp³-hybridized carbons (Fsp3) is 0.636. The normalized spacial score (nSPS) is 51.2. The van der Waals surface area contributed by atoms with E-state index in [4.69, 9.17) is 4.74 Å². The summed E-state index contributed by atoms with van der Waals surface area (Å²) in [6, 6.07) is 0. The Balaban J connectivity index is 1.97. The second kappa shape index (κ2) is 2.71. The van der Waals surface area contributed by atoms with Gasteiger partial charge < -0.3 is 4.74 Å². The average Bonchev–Trinajstić information content (AvgIpc) is 2.72. The number of ether oxygens (including phenoxy) is 1. The van der Waals surface area contributed by atoms with Crippen molar-refractivity contribution < 1.29 is 4.74 Å². The number of fused-ring (bicyclic) bond motifs is 5. The van der Waals surface area contributed by atoms with Crippen LogP contribution in [0.15, 0.2) is 22.7 Å². The van der Waals surface area contributed by atoms with Gasteiger partial charge in [0, 0.05) is 17.5 Å². The molecule has 0 N–H and O–H groups in total. The molecule has 0 radical (unpaired) electrons. The van der Waals surface area contributed by atoms with Crippen LogP contribution in [-0.4, -0.2) is 13.2 Å². The summed E-state index contributed by atoms with van der Waals surface area (Å²) in [6.45, 7) is 0. The van der Waals surface area contributed by atoms with Crippen LogP contribution in [0, 0.1) is 23.7 Å². The zero-order valence-electron chi connectivity index (χ0n) is 7.61. The molecule has 1 fully saturated rings. The first-order valence-corrected chi connectivity index (χ1v) is 5.69. The number of hydrogen-bond acceptors (Lipinski definition) is 1. The molecule has 0 saturated heterocycles. The Morgan fingerprint density at radius 2 is 2.15 bits per heavy atom. The minimum atomic E-state index is 0.324. The zero-order valence-corrected chi connectivity index (χ0v) is 9.20. The smallest absolute Gasteiger partial charge is 0.0922 e. The van der Waals surface area contributed by atoms with Gasteiger partial charge in [-0.3, -0.25) is 0 Å². The first-order valence-electron chi connectivity index (χ1n) is 4.89. The second-order valence-corrected chi connectivity index (χ2v) is 5.23. The Morgan fingerprint density at radius 1 is 1.38 bits per heavy atom. The highest BCUT2D eigenvalue weighted by atomic mass is 79.9. The average molecular weight is 241 g/mol. The molecule has 0 aromatic heterocycles. The van der Waals surface area contributed by atoms with E-state index in [0.717, 1.165) is 23.7 Å². The molecule has 3 aliphatic rings. The fourth-order valence-corrected chi connectivity index (χ4v) is 4.09. The van der Waals surface area contributed by atoms with Crippen molar-refractivity contribution in [3.63, 3.8) is 0 Å². The van der Waals surface area contributed by atoms with Crippen LogP contribution in [0.4, 0.5) is 0 Å². The van der Waals surface area contributed by atoms with Crippen LogP contribution in [0.25, 0.3) is 0 Å². The molecule has 0 aromatic rings. The summed E-state index contributed by atoms with van der Waals surface area (Å²) in [5, 5.41) is 0. The standard InChI is InChI=1S/C11H13BrO/c1-13-11-9(12)5-8-6-2-3-7(4-6)10(8)11/h2-3,5-8,10-11H,4H2,1H3/t6-,7+,8?,10?,11-/m1/s1. The third kappa shape index (κ3) is 0.962. The molecule has 1 nitrogen and oxygen atoms in total. The van der Waals surface area contributed by atoms with E-state index in [0.29, 0.717) is 6.10 Å². The quantitative estimate of drug-likeness (QED) is 0.641. The fourth-order valence-electron chi connectivity index (χ4n) is 3.29. The number of hydrogen-bond donors (Lipinski definition) is 0. The Labute approximate surface area is 87.0 Å². The highest BCUT2D eigenvalue weighted by Crippen LogP contribution is 2.55. The predicted octanol–water partition coefficient (Wildman–Crippen LogP) is 2.73. The van der Waals surface area contributed by atoms with Crippen LogP contribution in [0.1, 0.15) is 6.42 Å². The third-order valence-electron chi connectivity index (χ3n) is 3.81. The molecular formula is C11H13BrO. The summed E-state index contributed by atoms with van der Waals surface area (Å²) < 4.78 is 6.81. The van der Waals surface area contributed by atoms with Crippen LogP contribution in [0.3, 0.4) is 0 Å². The lowest BCUT2D eigenvalue weighted by atomic mass is 9.84. The maximum atomic E-state index is 5.54. The van der Waals surface area contributed by atoms with Crippen molar-refractivity contribution in [1.82, 2.24) is 0 Å². The second-order valence-electron chi connectivity index (χ2n) is 4.31. The molecule has 0 aliphatic heterocycles. The Kier molecular flexibility index (Phi) is 1.72. The molecule has 0 amide bonds. The molecule has 3 aliphatic carbocycles.